The van der Waals surface area contributed by atoms with Gasteiger partial charge < -0.3 is 14.4 Å². The molecule has 3 rings (SSSR count). The van der Waals surface area contributed by atoms with Crippen molar-refractivity contribution in [1.29, 1.82) is 0 Å². The number of nitrogens with zero attached hydrogens (tertiary/aromatic N) is 5. The minimum Gasteiger partial charge on any atom is -0.468 e. The molecule has 0 bridgehead atoms. The monoisotopic (exact) mass is 407 g/mol. The summed E-state index contributed by atoms with van der Waals surface area (Å²) in [7, 11) is 4.69. The van der Waals surface area contributed by atoms with Crippen molar-refractivity contribution in [2.24, 2.45) is 7.05 Å². The number of hydrogen-bond acceptors (Lipinski definition) is 7. The average molecular weight is 407 g/mol. The van der Waals surface area contributed by atoms with Gasteiger partial charge in [-0.05, 0) is 19.8 Å². The van der Waals surface area contributed by atoms with Gasteiger partial charge in [-0.15, -0.1) is 0 Å². The molecule has 2 fully saturated rings. The van der Waals surface area contributed by atoms with Crippen molar-refractivity contribution >= 4 is 17.9 Å². The second-order valence-electron chi connectivity index (χ2n) is 7.62. The Kier molecular flexibility index (Phi) is 6.23. The summed E-state index contributed by atoms with van der Waals surface area (Å²) < 4.78 is 11.6. The van der Waals surface area contributed by atoms with Crippen LogP contribution in [0.2, 0.25) is 0 Å². The molecule has 1 spiro atoms. The molecule has 1 aromatic rings. The third kappa shape index (κ3) is 3.99. The summed E-state index contributed by atoms with van der Waals surface area (Å²) >= 11 is 0. The number of methoxy groups -OCH3 is 2. The number of amides is 3. The SMILES string of the molecule is COCCN1C(=O)N(CC(=O)OC)C(=O)C12CCN(Cc1cn(C)nc1C)CC2. The second-order valence-corrected chi connectivity index (χ2v) is 7.62. The topological polar surface area (TPSA) is 97.2 Å². The van der Waals surface area contributed by atoms with Gasteiger partial charge in [0, 0.05) is 52.1 Å². The van der Waals surface area contributed by atoms with E-state index in [0.717, 1.165) is 22.7 Å². The lowest BCUT2D eigenvalue weighted by molar-refractivity contribution is -0.146. The first-order valence-electron chi connectivity index (χ1n) is 9.73. The van der Waals surface area contributed by atoms with Crippen LogP contribution in [0.1, 0.15) is 24.1 Å². The Balaban J connectivity index is 1.75. The van der Waals surface area contributed by atoms with Crippen molar-refractivity contribution in [3.8, 4) is 0 Å². The van der Waals surface area contributed by atoms with Crippen molar-refractivity contribution in [2.75, 3.05) is 47.0 Å². The van der Waals surface area contributed by atoms with E-state index in [1.54, 1.807) is 16.7 Å². The highest BCUT2D eigenvalue weighted by Crippen LogP contribution is 2.37. The average Bonchev–Trinajstić information content (AvgIpc) is 3.11. The minimum atomic E-state index is -0.926. The van der Waals surface area contributed by atoms with Gasteiger partial charge in [-0.2, -0.15) is 5.10 Å². The fraction of sp³-hybridized carbons (Fsp3) is 0.684. The van der Waals surface area contributed by atoms with Crippen LogP contribution in [0.3, 0.4) is 0 Å². The maximum absolute atomic E-state index is 13.2. The molecule has 0 unspecified atom stereocenters. The lowest BCUT2D eigenvalue weighted by atomic mass is 9.85. The van der Waals surface area contributed by atoms with Gasteiger partial charge in [0.25, 0.3) is 5.91 Å². The van der Waals surface area contributed by atoms with Crippen molar-refractivity contribution in [3.05, 3.63) is 17.5 Å². The molecule has 10 heteroatoms. The smallest absolute Gasteiger partial charge is 0.328 e. The number of likely N-dealkylation sites (tertiary alicyclic amines) is 1. The Hall–Kier alpha value is -2.46. The summed E-state index contributed by atoms with van der Waals surface area (Å²) in [5, 5.41) is 4.38. The number of ether oxygens (including phenoxy) is 2. The van der Waals surface area contributed by atoms with E-state index in [4.69, 9.17) is 4.74 Å². The van der Waals surface area contributed by atoms with Crippen molar-refractivity contribution in [1.82, 2.24) is 24.5 Å². The number of carbonyl (C=O) groups excluding carboxylic acids is 3. The van der Waals surface area contributed by atoms with Crippen LogP contribution in [0, 0.1) is 6.92 Å². The van der Waals surface area contributed by atoms with E-state index in [-0.39, 0.29) is 12.5 Å². The fourth-order valence-corrected chi connectivity index (χ4v) is 4.22. The summed E-state index contributed by atoms with van der Waals surface area (Å²) in [6, 6.07) is -0.450. The van der Waals surface area contributed by atoms with Crippen LogP contribution in [0.25, 0.3) is 0 Å². The highest BCUT2D eigenvalue weighted by molar-refractivity contribution is 6.08. The van der Waals surface area contributed by atoms with Crippen LogP contribution in [-0.4, -0.2) is 94.9 Å². The molecular formula is C19H29N5O5. The largest absolute Gasteiger partial charge is 0.468 e. The van der Waals surface area contributed by atoms with Gasteiger partial charge in [0.2, 0.25) is 0 Å². The van der Waals surface area contributed by atoms with Crippen LogP contribution in [0.15, 0.2) is 6.20 Å². The molecule has 3 heterocycles. The normalized spacial score (nSPS) is 19.4. The van der Waals surface area contributed by atoms with Crippen LogP contribution >= 0.6 is 0 Å². The third-order valence-electron chi connectivity index (χ3n) is 5.85. The number of urea groups is 1. The first-order chi connectivity index (χ1) is 13.8. The molecule has 2 aliphatic rings. The first-order valence-corrected chi connectivity index (χ1v) is 9.73. The van der Waals surface area contributed by atoms with E-state index in [2.05, 4.69) is 14.7 Å². The van der Waals surface area contributed by atoms with Crippen molar-refractivity contribution < 1.29 is 23.9 Å². The van der Waals surface area contributed by atoms with Crippen LogP contribution in [0.5, 0.6) is 0 Å². The van der Waals surface area contributed by atoms with Gasteiger partial charge in [-0.1, -0.05) is 0 Å². The highest BCUT2D eigenvalue weighted by atomic mass is 16.5. The van der Waals surface area contributed by atoms with E-state index in [0.29, 0.717) is 39.1 Å². The first kappa shape index (κ1) is 21.3. The Bertz CT molecular complexity index is 784. The minimum absolute atomic E-state index is 0.306. The molecule has 0 N–H and O–H groups in total. The highest BCUT2D eigenvalue weighted by Gasteiger charge is 2.58. The fourth-order valence-electron chi connectivity index (χ4n) is 4.22. The lowest BCUT2D eigenvalue weighted by Gasteiger charge is -2.42. The molecule has 1 aromatic heterocycles. The number of aryl methyl sites for hydroxylation is 2. The maximum atomic E-state index is 13.2. The van der Waals surface area contributed by atoms with Crippen molar-refractivity contribution in [2.45, 2.75) is 31.8 Å². The molecule has 160 valence electrons. The number of piperidine rings is 1. The molecule has 10 nitrogen and oxygen atoms in total. The zero-order chi connectivity index (χ0) is 21.2. The number of aromatic nitrogens is 2. The Morgan fingerprint density at radius 2 is 1.93 bits per heavy atom. The van der Waals surface area contributed by atoms with Gasteiger partial charge in [-0.25, -0.2) is 4.79 Å². The summed E-state index contributed by atoms with van der Waals surface area (Å²) in [6.45, 7) is 4.34. The Labute approximate surface area is 170 Å². The van der Waals surface area contributed by atoms with Crippen LogP contribution in [-0.2, 0) is 32.7 Å². The van der Waals surface area contributed by atoms with E-state index in [1.165, 1.54) is 7.11 Å². The second kappa shape index (κ2) is 8.50. The molecule has 2 saturated heterocycles. The van der Waals surface area contributed by atoms with E-state index in [9.17, 15) is 14.4 Å². The van der Waals surface area contributed by atoms with Gasteiger partial charge >= 0.3 is 12.0 Å². The summed E-state index contributed by atoms with van der Waals surface area (Å²) in [6.07, 6.45) is 3.03. The molecule has 0 saturated carbocycles. The molecule has 3 amide bonds. The number of rotatable bonds is 7. The van der Waals surface area contributed by atoms with E-state index in [1.807, 2.05) is 20.2 Å². The molecule has 29 heavy (non-hydrogen) atoms. The van der Waals surface area contributed by atoms with Gasteiger partial charge in [0.1, 0.15) is 12.1 Å². The predicted molar refractivity (Wildman–Crippen MR) is 103 cm³/mol. The molecule has 0 aromatic carbocycles. The molecule has 2 aliphatic heterocycles. The summed E-state index contributed by atoms with van der Waals surface area (Å²) in [5.74, 6) is -0.929. The quantitative estimate of drug-likeness (QED) is 0.469. The zero-order valence-corrected chi connectivity index (χ0v) is 17.5. The number of imide groups is 1. The summed E-state index contributed by atoms with van der Waals surface area (Å²) in [5.41, 5.74) is 1.22. The maximum Gasteiger partial charge on any atom is 0.328 e. The lowest BCUT2D eigenvalue weighted by Crippen LogP contribution is -2.57. The molecule has 0 radical (unpaired) electrons. The molecular weight excluding hydrogens is 378 g/mol. The Morgan fingerprint density at radius 1 is 1.24 bits per heavy atom. The van der Waals surface area contributed by atoms with Crippen LogP contribution < -0.4 is 0 Å². The van der Waals surface area contributed by atoms with E-state index < -0.39 is 17.5 Å². The van der Waals surface area contributed by atoms with Crippen LogP contribution in [0.4, 0.5) is 4.79 Å². The molecule has 0 aliphatic carbocycles. The zero-order valence-electron chi connectivity index (χ0n) is 17.5. The molecule has 0 atom stereocenters. The van der Waals surface area contributed by atoms with E-state index >= 15 is 0 Å². The Morgan fingerprint density at radius 3 is 2.48 bits per heavy atom. The van der Waals surface area contributed by atoms with Crippen molar-refractivity contribution in [3.63, 3.8) is 0 Å². The van der Waals surface area contributed by atoms with Gasteiger partial charge in [0.15, 0.2) is 0 Å². The third-order valence-corrected chi connectivity index (χ3v) is 5.85. The number of esters is 1. The van der Waals surface area contributed by atoms with Gasteiger partial charge in [0.05, 0.1) is 19.4 Å². The summed E-state index contributed by atoms with van der Waals surface area (Å²) in [4.78, 5) is 42.7. The number of carbonyl (C=O) groups is 3. The van der Waals surface area contributed by atoms with Gasteiger partial charge in [-0.3, -0.25) is 24.1 Å². The predicted octanol–water partition coefficient (Wildman–Crippen LogP) is 0.147. The standard InChI is InChI=1S/C19H29N5O5/c1-14-15(11-21(2)20-14)12-22-7-5-19(6-8-22)17(26)23(13-16(25)29-4)18(27)24(19)9-10-28-3/h11H,5-10,12-13H2,1-4H3. The number of hydrogen-bond donors (Lipinski definition) is 0.